The van der Waals surface area contributed by atoms with Crippen LogP contribution in [0.4, 0.5) is 0 Å². The van der Waals surface area contributed by atoms with Gasteiger partial charge in [0.05, 0.1) is 12.1 Å². The average Bonchev–Trinajstić information content (AvgIpc) is 3.23. The topological polar surface area (TPSA) is 66.1 Å². The number of H-pyrrole nitrogens is 1. The lowest BCUT2D eigenvalue weighted by Crippen LogP contribution is -2.29. The molecule has 1 aliphatic carbocycles. The molecule has 2 aromatic heterocycles. The van der Waals surface area contributed by atoms with Crippen molar-refractivity contribution in [3.8, 4) is 0 Å². The normalized spacial score (nSPS) is 19.1. The maximum absolute atomic E-state index is 12.7. The van der Waals surface area contributed by atoms with Crippen LogP contribution in [0.25, 0.3) is 10.2 Å². The van der Waals surface area contributed by atoms with Crippen LogP contribution < -0.4 is 5.56 Å². The number of nitrogens with zero attached hydrogens (tertiary/aromatic N) is 2. The van der Waals surface area contributed by atoms with Crippen LogP contribution in [-0.4, -0.2) is 27.8 Å². The maximum atomic E-state index is 12.7. The summed E-state index contributed by atoms with van der Waals surface area (Å²) in [6.45, 7) is 0.283. The fourth-order valence-corrected chi connectivity index (χ4v) is 4.17. The fourth-order valence-electron chi connectivity index (χ4n) is 3.17. The summed E-state index contributed by atoms with van der Waals surface area (Å²) in [6.07, 6.45) is 0.806. The number of aromatic amines is 1. The lowest BCUT2D eigenvalue weighted by molar-refractivity contribution is -0.132. The van der Waals surface area contributed by atoms with Gasteiger partial charge < -0.3 is 9.88 Å². The summed E-state index contributed by atoms with van der Waals surface area (Å²) in [7, 11) is 1.74. The van der Waals surface area contributed by atoms with Crippen LogP contribution in [0.3, 0.4) is 0 Å². The maximum Gasteiger partial charge on any atom is 0.268 e. The first-order valence-electron chi connectivity index (χ1n) is 8.00. The molecule has 4 rings (SSSR count). The van der Waals surface area contributed by atoms with Gasteiger partial charge in [0.2, 0.25) is 5.91 Å². The van der Waals surface area contributed by atoms with Crippen LogP contribution >= 0.6 is 22.9 Å². The molecule has 0 bridgehead atoms. The van der Waals surface area contributed by atoms with Crippen LogP contribution in [0.5, 0.6) is 0 Å². The Kier molecular flexibility index (Phi) is 4.09. The van der Waals surface area contributed by atoms with Crippen molar-refractivity contribution in [3.05, 3.63) is 62.5 Å². The Balaban J connectivity index is 1.48. The molecule has 0 saturated heterocycles. The fraction of sp³-hybridized carbons (Fsp3) is 0.278. The minimum Gasteiger partial charge on any atom is -0.338 e. The number of halogens is 1. The number of fused-ring (bicyclic) bond motifs is 1. The molecule has 1 saturated carbocycles. The average molecular weight is 374 g/mol. The molecule has 1 fully saturated rings. The predicted molar refractivity (Wildman–Crippen MR) is 99.0 cm³/mol. The van der Waals surface area contributed by atoms with Crippen LogP contribution in [-0.2, 0) is 11.3 Å². The molecule has 0 radical (unpaired) electrons. The Labute approximate surface area is 153 Å². The molecule has 0 aliphatic heterocycles. The number of nitrogens with one attached hydrogen (secondary N) is 1. The summed E-state index contributed by atoms with van der Waals surface area (Å²) >= 11 is 7.59. The second-order valence-electron chi connectivity index (χ2n) is 6.31. The van der Waals surface area contributed by atoms with Gasteiger partial charge in [-0.1, -0.05) is 29.8 Å². The van der Waals surface area contributed by atoms with E-state index in [0.29, 0.717) is 21.1 Å². The van der Waals surface area contributed by atoms with Gasteiger partial charge in [-0.3, -0.25) is 9.59 Å². The first-order chi connectivity index (χ1) is 12.0. The van der Waals surface area contributed by atoms with E-state index >= 15 is 0 Å². The molecule has 2 atom stereocenters. The highest BCUT2D eigenvalue weighted by atomic mass is 35.5. The largest absolute Gasteiger partial charge is 0.338 e. The highest BCUT2D eigenvalue weighted by Crippen LogP contribution is 2.50. The molecule has 1 aromatic carbocycles. The molecule has 128 valence electrons. The van der Waals surface area contributed by atoms with Crippen molar-refractivity contribution in [2.45, 2.75) is 18.9 Å². The quantitative estimate of drug-likeness (QED) is 0.762. The van der Waals surface area contributed by atoms with Gasteiger partial charge in [-0.05, 0) is 35.4 Å². The predicted octanol–water partition coefficient (Wildman–Crippen LogP) is 3.40. The molecule has 0 spiro atoms. The zero-order chi connectivity index (χ0) is 17.6. The lowest BCUT2D eigenvalue weighted by atomic mass is 10.1. The molecule has 1 N–H and O–H groups in total. The zero-order valence-electron chi connectivity index (χ0n) is 13.5. The van der Waals surface area contributed by atoms with E-state index in [1.165, 1.54) is 11.3 Å². The van der Waals surface area contributed by atoms with Crippen LogP contribution in [0.2, 0.25) is 5.02 Å². The third-order valence-corrected chi connectivity index (χ3v) is 5.79. The molecule has 5 nitrogen and oxygen atoms in total. The molecule has 25 heavy (non-hydrogen) atoms. The van der Waals surface area contributed by atoms with E-state index in [4.69, 9.17) is 11.6 Å². The van der Waals surface area contributed by atoms with Gasteiger partial charge in [0, 0.05) is 18.0 Å². The third kappa shape index (κ3) is 3.07. The standard InChI is InChI=1S/C18H16ClN3O2S/c1-22(9-15-20-14-6-7-25-16(14)17(23)21-15)18(24)12-8-11(12)10-4-2-3-5-13(10)19/h2-7,11-12H,8-9H2,1H3,(H,20,21,23). The second kappa shape index (κ2) is 6.28. The van der Waals surface area contributed by atoms with Crippen molar-refractivity contribution in [3.63, 3.8) is 0 Å². The van der Waals surface area contributed by atoms with Crippen molar-refractivity contribution in [2.75, 3.05) is 7.05 Å². The van der Waals surface area contributed by atoms with Gasteiger partial charge in [0.25, 0.3) is 5.56 Å². The van der Waals surface area contributed by atoms with Crippen LogP contribution in [0.1, 0.15) is 23.7 Å². The lowest BCUT2D eigenvalue weighted by Gasteiger charge is -2.16. The van der Waals surface area contributed by atoms with Crippen molar-refractivity contribution in [1.29, 1.82) is 0 Å². The highest BCUT2D eigenvalue weighted by Gasteiger charge is 2.46. The number of thiophene rings is 1. The number of hydrogen-bond donors (Lipinski definition) is 1. The van der Waals surface area contributed by atoms with Gasteiger partial charge in [-0.2, -0.15) is 0 Å². The van der Waals surface area contributed by atoms with Gasteiger partial charge in [-0.15, -0.1) is 11.3 Å². The first kappa shape index (κ1) is 16.3. The summed E-state index contributed by atoms with van der Waals surface area (Å²) in [5, 5.41) is 2.54. The Morgan fingerprint density at radius 3 is 3.00 bits per heavy atom. The van der Waals surface area contributed by atoms with E-state index in [2.05, 4.69) is 9.97 Å². The Morgan fingerprint density at radius 1 is 1.40 bits per heavy atom. The van der Waals surface area contributed by atoms with Crippen molar-refractivity contribution < 1.29 is 4.79 Å². The Morgan fingerprint density at radius 2 is 2.20 bits per heavy atom. The monoisotopic (exact) mass is 373 g/mol. The molecule has 7 heteroatoms. The van der Waals surface area contributed by atoms with Gasteiger partial charge >= 0.3 is 0 Å². The second-order valence-corrected chi connectivity index (χ2v) is 7.64. The number of aromatic nitrogens is 2. The number of amides is 1. The highest BCUT2D eigenvalue weighted by molar-refractivity contribution is 7.17. The minimum atomic E-state index is -0.156. The summed E-state index contributed by atoms with van der Waals surface area (Å²) in [5.41, 5.74) is 1.54. The molecule has 1 amide bonds. The van der Waals surface area contributed by atoms with Crippen molar-refractivity contribution in [2.24, 2.45) is 5.92 Å². The van der Waals surface area contributed by atoms with Crippen molar-refractivity contribution in [1.82, 2.24) is 14.9 Å². The third-order valence-electron chi connectivity index (χ3n) is 4.54. The van der Waals surface area contributed by atoms with E-state index < -0.39 is 0 Å². The smallest absolute Gasteiger partial charge is 0.268 e. The molecular weight excluding hydrogens is 358 g/mol. The minimum absolute atomic E-state index is 0.0537. The number of hydrogen-bond acceptors (Lipinski definition) is 4. The van der Waals surface area contributed by atoms with E-state index in [9.17, 15) is 9.59 Å². The van der Waals surface area contributed by atoms with E-state index in [-0.39, 0.29) is 29.8 Å². The first-order valence-corrected chi connectivity index (χ1v) is 9.26. The van der Waals surface area contributed by atoms with Crippen LogP contribution in [0, 0.1) is 5.92 Å². The Hall–Kier alpha value is -2.18. The van der Waals surface area contributed by atoms with Gasteiger partial charge in [0.1, 0.15) is 10.5 Å². The summed E-state index contributed by atoms with van der Waals surface area (Å²) in [6, 6.07) is 9.47. The van der Waals surface area contributed by atoms with E-state index in [1.54, 1.807) is 11.9 Å². The number of benzene rings is 1. The SMILES string of the molecule is CN(Cc1nc2ccsc2c(=O)[nH]1)C(=O)C1CC1c1ccccc1Cl. The number of carbonyl (C=O) groups is 1. The molecule has 2 heterocycles. The number of rotatable bonds is 4. The number of carbonyl (C=O) groups excluding carboxylic acids is 1. The summed E-state index contributed by atoms with van der Waals surface area (Å²) < 4.78 is 0.610. The van der Waals surface area contributed by atoms with Crippen molar-refractivity contribution >= 4 is 39.1 Å². The van der Waals surface area contributed by atoms with E-state index in [0.717, 1.165) is 12.0 Å². The van der Waals surface area contributed by atoms with Crippen LogP contribution in [0.15, 0.2) is 40.5 Å². The summed E-state index contributed by atoms with van der Waals surface area (Å²) in [5.74, 6) is 0.677. The van der Waals surface area contributed by atoms with Gasteiger partial charge in [-0.25, -0.2) is 4.98 Å². The Bertz CT molecular complexity index is 1010. The van der Waals surface area contributed by atoms with E-state index in [1.807, 2.05) is 35.7 Å². The molecule has 2 unspecified atom stereocenters. The van der Waals surface area contributed by atoms with Gasteiger partial charge in [0.15, 0.2) is 0 Å². The molecule has 3 aromatic rings. The summed E-state index contributed by atoms with van der Waals surface area (Å²) in [4.78, 5) is 33.5. The molecular formula is C18H16ClN3O2S. The zero-order valence-corrected chi connectivity index (χ0v) is 15.1. The molecule has 1 aliphatic rings.